The highest BCUT2D eigenvalue weighted by Crippen LogP contribution is 2.47. The van der Waals surface area contributed by atoms with Gasteiger partial charge < -0.3 is 24.4 Å². The van der Waals surface area contributed by atoms with Crippen LogP contribution in [0.5, 0.6) is 0 Å². The lowest BCUT2D eigenvalue weighted by atomic mass is 9.63. The van der Waals surface area contributed by atoms with Crippen LogP contribution in [-0.4, -0.2) is 82.4 Å². The molecule has 1 heterocycles. The second-order valence-corrected chi connectivity index (χ2v) is 12.9. The largest absolute Gasteiger partial charge is 0.481 e. The van der Waals surface area contributed by atoms with E-state index in [0.717, 1.165) is 11.1 Å². The molecule has 1 aromatic heterocycles. The fourth-order valence-corrected chi connectivity index (χ4v) is 5.32. The quantitative estimate of drug-likeness (QED) is 0.243. The first-order valence-electron chi connectivity index (χ1n) is 11.7. The fraction of sp³-hybridized carbons (Fsp3) is 0.667. The van der Waals surface area contributed by atoms with Crippen molar-refractivity contribution in [2.24, 2.45) is 17.3 Å². The van der Waals surface area contributed by atoms with Gasteiger partial charge in [0.2, 0.25) is 0 Å². The minimum absolute atomic E-state index is 0.350. The van der Waals surface area contributed by atoms with Crippen LogP contribution in [0.1, 0.15) is 52.3 Å². The number of aliphatic carboxylic acids is 1. The van der Waals surface area contributed by atoms with Crippen molar-refractivity contribution < 1.29 is 29.0 Å². The minimum Gasteiger partial charge on any atom is -0.481 e. The van der Waals surface area contributed by atoms with Gasteiger partial charge in [-0.05, 0) is 67.3 Å². The van der Waals surface area contributed by atoms with E-state index in [1.165, 1.54) is 7.11 Å². The maximum absolute atomic E-state index is 12.6. The molecule has 1 aliphatic rings. The van der Waals surface area contributed by atoms with Crippen LogP contribution in [0.25, 0.3) is 5.57 Å². The number of hydrogen-bond donors (Lipinski definition) is 1. The summed E-state index contributed by atoms with van der Waals surface area (Å²) in [5, 5.41) is 14.7. The van der Waals surface area contributed by atoms with Gasteiger partial charge in [-0.15, -0.1) is 0 Å². The third-order valence-corrected chi connectivity index (χ3v) is 8.27. The number of aromatic nitrogens is 2. The molecule has 36 heavy (non-hydrogen) atoms. The molecule has 0 aromatic carbocycles. The number of carbonyl (C=O) groups is 3. The molecular formula is C24H38IN4O6P. The predicted molar refractivity (Wildman–Crippen MR) is 148 cm³/mol. The first-order chi connectivity index (χ1) is 16.6. The number of hydrogen-bond acceptors (Lipinski definition) is 7. The minimum atomic E-state index is -0.981. The zero-order chi connectivity index (χ0) is 27.4. The molecule has 1 aromatic rings. The number of rotatable bonds is 9. The number of allylic oxidation sites excluding steroid dienone is 1. The molecular weight excluding hydrogens is 598 g/mol. The van der Waals surface area contributed by atoms with Crippen molar-refractivity contribution in [1.82, 2.24) is 19.4 Å². The molecule has 202 valence electrons. The van der Waals surface area contributed by atoms with Gasteiger partial charge in [-0.1, -0.05) is 19.9 Å². The number of methoxy groups -OCH3 is 1. The molecule has 0 saturated carbocycles. The topological polar surface area (TPSA) is 114 Å². The molecule has 1 amide bonds. The summed E-state index contributed by atoms with van der Waals surface area (Å²) >= 11 is 2.24. The SMILES string of the molecule is COC(=O)C1CC(c2nn(PI)cc2CN(C)CCN(C)C(=O)OC(C)(C)C)=CC(C(=O)O)C1(C)C. The number of halogens is 1. The third-order valence-electron chi connectivity index (χ3n) is 6.39. The number of carbonyl (C=O) groups excluding carboxylic acids is 2. The average Bonchev–Trinajstić information content (AvgIpc) is 3.17. The Morgan fingerprint density at radius 2 is 1.92 bits per heavy atom. The number of esters is 1. The van der Waals surface area contributed by atoms with Crippen molar-refractivity contribution in [3.63, 3.8) is 0 Å². The highest BCUT2D eigenvalue weighted by atomic mass is 127. The van der Waals surface area contributed by atoms with E-state index in [1.807, 2.05) is 38.5 Å². The molecule has 0 spiro atoms. The second kappa shape index (κ2) is 12.2. The highest BCUT2D eigenvalue weighted by Gasteiger charge is 2.48. The smallest absolute Gasteiger partial charge is 0.410 e. The van der Waals surface area contributed by atoms with Gasteiger partial charge in [-0.3, -0.25) is 9.59 Å². The molecule has 1 aliphatic carbocycles. The standard InChI is InChI=1S/C24H38IN4O6P/c1-23(2,3)35-22(33)28(7)10-9-27(6)13-16-14-29(36-25)26-19(16)15-11-17(20(30)31)24(4,5)18(12-15)21(32)34-8/h11,14,17-18,36H,9-10,12-13H2,1-8H3,(H,30,31). The van der Waals surface area contributed by atoms with Crippen molar-refractivity contribution >= 4 is 52.0 Å². The molecule has 0 fully saturated rings. The van der Waals surface area contributed by atoms with Gasteiger partial charge >= 0.3 is 18.0 Å². The van der Waals surface area contributed by atoms with E-state index < -0.39 is 34.8 Å². The van der Waals surface area contributed by atoms with Crippen LogP contribution in [-0.2, 0) is 25.6 Å². The molecule has 3 atom stereocenters. The van der Waals surface area contributed by atoms with Crippen molar-refractivity contribution in [1.29, 1.82) is 0 Å². The molecule has 3 unspecified atom stereocenters. The van der Waals surface area contributed by atoms with E-state index in [2.05, 4.69) is 26.9 Å². The Morgan fingerprint density at radius 3 is 2.44 bits per heavy atom. The number of carboxylic acid groups (broad SMARTS) is 1. The maximum Gasteiger partial charge on any atom is 0.410 e. The van der Waals surface area contributed by atoms with Crippen LogP contribution in [0.3, 0.4) is 0 Å². The number of ether oxygens (including phenoxy) is 2. The molecule has 0 saturated heterocycles. The summed E-state index contributed by atoms with van der Waals surface area (Å²) in [6.45, 7) is 10.7. The lowest BCUT2D eigenvalue weighted by Gasteiger charge is -2.40. The summed E-state index contributed by atoms with van der Waals surface area (Å²) in [5.41, 5.74) is 1.00. The molecule has 2 rings (SSSR count). The van der Waals surface area contributed by atoms with Crippen molar-refractivity contribution in [2.75, 3.05) is 34.3 Å². The first kappa shape index (κ1) is 30.5. The highest BCUT2D eigenvalue weighted by molar-refractivity contribution is 14.2. The predicted octanol–water partition coefficient (Wildman–Crippen LogP) is 4.28. The van der Waals surface area contributed by atoms with Gasteiger partial charge in [0.25, 0.3) is 0 Å². The molecule has 1 N–H and O–H groups in total. The maximum atomic E-state index is 12.6. The zero-order valence-electron chi connectivity index (χ0n) is 22.3. The van der Waals surface area contributed by atoms with Crippen molar-refractivity contribution in [3.05, 3.63) is 23.5 Å². The Morgan fingerprint density at radius 1 is 1.28 bits per heavy atom. The number of likely N-dealkylation sites (N-methyl/N-ethyl adjacent to an activating group) is 2. The van der Waals surface area contributed by atoms with Gasteiger partial charge in [0.1, 0.15) is 5.60 Å². The normalized spacial score (nSPS) is 19.9. The van der Waals surface area contributed by atoms with Crippen molar-refractivity contribution in [3.8, 4) is 0 Å². The van der Waals surface area contributed by atoms with Gasteiger partial charge in [0.05, 0.1) is 31.0 Å². The monoisotopic (exact) mass is 636 g/mol. The van der Waals surface area contributed by atoms with Crippen LogP contribution in [0.4, 0.5) is 4.79 Å². The Balaban J connectivity index is 2.27. The third kappa shape index (κ3) is 7.64. The van der Waals surface area contributed by atoms with E-state index in [0.29, 0.717) is 38.1 Å². The van der Waals surface area contributed by atoms with E-state index >= 15 is 0 Å². The lowest BCUT2D eigenvalue weighted by Crippen LogP contribution is -2.43. The van der Waals surface area contributed by atoms with Crippen LogP contribution < -0.4 is 0 Å². The number of nitrogens with zero attached hydrogens (tertiary/aromatic N) is 4. The average molecular weight is 636 g/mol. The van der Waals surface area contributed by atoms with E-state index in [9.17, 15) is 19.5 Å². The Labute approximate surface area is 228 Å². The van der Waals surface area contributed by atoms with Gasteiger partial charge in [0.15, 0.2) is 0 Å². The molecule has 0 bridgehead atoms. The van der Waals surface area contributed by atoms with Gasteiger partial charge in [0, 0.05) is 38.4 Å². The Hall–Kier alpha value is -1.72. The van der Waals surface area contributed by atoms with Crippen LogP contribution in [0, 0.1) is 17.3 Å². The summed E-state index contributed by atoms with van der Waals surface area (Å²) < 4.78 is 12.3. The van der Waals surface area contributed by atoms with Crippen LogP contribution in [0.2, 0.25) is 0 Å². The molecule has 0 aliphatic heterocycles. The van der Waals surface area contributed by atoms with E-state index in [1.54, 1.807) is 31.9 Å². The number of amides is 1. The summed E-state index contributed by atoms with van der Waals surface area (Å²) in [4.78, 5) is 40.6. The van der Waals surface area contributed by atoms with Crippen LogP contribution in [0.15, 0.2) is 12.3 Å². The van der Waals surface area contributed by atoms with E-state index in [4.69, 9.17) is 14.6 Å². The van der Waals surface area contributed by atoms with Gasteiger partial charge in [-0.2, -0.15) is 5.10 Å². The summed E-state index contributed by atoms with van der Waals surface area (Å²) in [6.07, 6.45) is 4.04. The zero-order valence-corrected chi connectivity index (χ0v) is 25.5. The second-order valence-electron chi connectivity index (χ2n) is 10.8. The fourth-order valence-electron chi connectivity index (χ4n) is 4.24. The lowest BCUT2D eigenvalue weighted by molar-refractivity contribution is -0.155. The first-order valence-corrected chi connectivity index (χ1v) is 15.8. The Bertz CT molecular complexity index is 1000. The van der Waals surface area contributed by atoms with Crippen molar-refractivity contribution in [2.45, 2.75) is 53.2 Å². The molecule has 12 heteroatoms. The van der Waals surface area contributed by atoms with Gasteiger partial charge in [-0.25, -0.2) is 9.25 Å². The van der Waals surface area contributed by atoms with Crippen LogP contribution >= 0.6 is 28.4 Å². The summed E-state index contributed by atoms with van der Waals surface area (Å²) in [5.74, 6) is -2.87. The molecule has 10 nitrogen and oxygen atoms in total. The molecule has 0 radical (unpaired) electrons. The van der Waals surface area contributed by atoms with E-state index in [-0.39, 0.29) is 6.09 Å². The summed E-state index contributed by atoms with van der Waals surface area (Å²) in [6, 6.07) is 0. The number of carboxylic acids is 1. The Kier molecular flexibility index (Phi) is 10.4. The summed E-state index contributed by atoms with van der Waals surface area (Å²) in [7, 11) is 4.98.